The summed E-state index contributed by atoms with van der Waals surface area (Å²) < 4.78 is 48.8. The maximum atomic E-state index is 14.0. The summed E-state index contributed by atoms with van der Waals surface area (Å²) in [5.41, 5.74) is 0.528. The van der Waals surface area contributed by atoms with Gasteiger partial charge in [-0.15, -0.1) is 0 Å². The van der Waals surface area contributed by atoms with Gasteiger partial charge in [0.2, 0.25) is 11.5 Å². The van der Waals surface area contributed by atoms with Crippen LogP contribution < -0.4 is 97.1 Å². The minimum Gasteiger partial charge on any atom is -0.780 e. The number of benzene rings is 3. The Bertz CT molecular complexity index is 1520. The van der Waals surface area contributed by atoms with Gasteiger partial charge in [-0.25, -0.2) is 0 Å². The summed E-state index contributed by atoms with van der Waals surface area (Å²) in [6.45, 7) is 0. The summed E-state index contributed by atoms with van der Waals surface area (Å²) >= 11 is 0. The molecule has 0 N–H and O–H groups in total. The molecule has 0 amide bonds. The van der Waals surface area contributed by atoms with Crippen LogP contribution in [-0.2, 0) is 4.57 Å². The van der Waals surface area contributed by atoms with E-state index in [1.54, 1.807) is 24.3 Å². The van der Waals surface area contributed by atoms with E-state index in [0.717, 1.165) is 0 Å². The van der Waals surface area contributed by atoms with E-state index in [0.29, 0.717) is 17.1 Å². The van der Waals surface area contributed by atoms with E-state index >= 15 is 0 Å². The molecule has 200 valence electrons. The standard InChI is InChI=1S/C26H25O11P.2Na/c1-31-16-8-6-14(7-9-16)23-21(22(27)15-12-19(33-3)25(35-5)20(13-15)34-4)17-10-11-18(32-2)26(24(17)36-23)37-38(28,29)30;;/h6-13H,1-5H3,(H2,28,29,30);;/q;2*+1/p-2. The summed E-state index contributed by atoms with van der Waals surface area (Å²) in [5, 5.41) is 0.179. The fraction of sp³-hybridized carbons (Fsp3) is 0.192. The molecule has 0 bridgehead atoms. The number of rotatable bonds is 10. The fourth-order valence-electron chi connectivity index (χ4n) is 4.00. The Morgan fingerprint density at radius 2 is 1.32 bits per heavy atom. The summed E-state index contributed by atoms with van der Waals surface area (Å²) in [7, 11) is 1.53. The predicted octanol–water partition coefficient (Wildman–Crippen LogP) is -2.41. The SMILES string of the molecule is COc1ccc(-c2oc3c(OP(=O)([O-])[O-])c(OC)ccc3c2C(=O)c2cc(OC)c(OC)c(OC)c2)cc1.[Na+].[Na+]. The second-order valence-electron chi connectivity index (χ2n) is 7.79. The van der Waals surface area contributed by atoms with Crippen LogP contribution in [0.1, 0.15) is 15.9 Å². The molecular weight excluding hydrogens is 565 g/mol. The summed E-state index contributed by atoms with van der Waals surface area (Å²) in [4.78, 5) is 37.1. The van der Waals surface area contributed by atoms with Gasteiger partial charge in [0.05, 0.1) is 41.1 Å². The van der Waals surface area contributed by atoms with Crippen molar-refractivity contribution in [3.63, 3.8) is 0 Å². The molecule has 0 saturated heterocycles. The van der Waals surface area contributed by atoms with Crippen molar-refractivity contribution in [1.29, 1.82) is 0 Å². The van der Waals surface area contributed by atoms with Crippen LogP contribution in [0.4, 0.5) is 0 Å². The van der Waals surface area contributed by atoms with Crippen molar-refractivity contribution in [1.82, 2.24) is 0 Å². The maximum Gasteiger partial charge on any atom is 1.00 e. The largest absolute Gasteiger partial charge is 1.00 e. The molecule has 0 atom stereocenters. The van der Waals surface area contributed by atoms with Crippen molar-refractivity contribution in [2.24, 2.45) is 0 Å². The van der Waals surface area contributed by atoms with Gasteiger partial charge in [0, 0.05) is 16.5 Å². The van der Waals surface area contributed by atoms with Gasteiger partial charge in [-0.2, -0.15) is 0 Å². The normalized spacial score (nSPS) is 10.7. The molecule has 3 aromatic carbocycles. The second kappa shape index (κ2) is 14.1. The first kappa shape index (κ1) is 34.0. The molecule has 4 aromatic rings. The van der Waals surface area contributed by atoms with Crippen LogP contribution in [0.3, 0.4) is 0 Å². The molecule has 0 aliphatic rings. The number of hydrogen-bond donors (Lipinski definition) is 0. The van der Waals surface area contributed by atoms with Crippen LogP contribution in [0.5, 0.6) is 34.5 Å². The van der Waals surface area contributed by atoms with Crippen molar-refractivity contribution in [3.8, 4) is 45.8 Å². The zero-order valence-corrected chi connectivity index (χ0v) is 28.0. The van der Waals surface area contributed by atoms with E-state index < -0.39 is 19.4 Å². The number of methoxy groups -OCH3 is 5. The first-order valence-electron chi connectivity index (χ1n) is 11.0. The molecule has 11 nitrogen and oxygen atoms in total. The third kappa shape index (κ3) is 6.82. The smallest absolute Gasteiger partial charge is 0.780 e. The molecule has 0 aliphatic carbocycles. The van der Waals surface area contributed by atoms with Crippen LogP contribution in [0, 0.1) is 0 Å². The molecule has 14 heteroatoms. The molecule has 40 heavy (non-hydrogen) atoms. The van der Waals surface area contributed by atoms with E-state index in [1.165, 1.54) is 59.8 Å². The number of fused-ring (bicyclic) bond motifs is 1. The summed E-state index contributed by atoms with van der Waals surface area (Å²) in [6, 6.07) is 12.5. The minimum absolute atomic E-state index is 0. The van der Waals surface area contributed by atoms with Crippen molar-refractivity contribution in [3.05, 3.63) is 59.7 Å². The van der Waals surface area contributed by atoms with Crippen molar-refractivity contribution in [2.75, 3.05) is 35.5 Å². The van der Waals surface area contributed by atoms with E-state index in [2.05, 4.69) is 0 Å². The Balaban J connectivity index is 0.00000280. The first-order valence-corrected chi connectivity index (χ1v) is 12.5. The van der Waals surface area contributed by atoms with Gasteiger partial charge >= 0.3 is 59.1 Å². The number of phosphoric acid groups is 1. The molecule has 0 fully saturated rings. The first-order chi connectivity index (χ1) is 18.1. The Morgan fingerprint density at radius 3 is 1.80 bits per heavy atom. The number of hydrogen-bond acceptors (Lipinski definition) is 11. The average molecular weight is 588 g/mol. The molecule has 0 radical (unpaired) electrons. The van der Waals surface area contributed by atoms with Crippen LogP contribution >= 0.6 is 7.82 Å². The van der Waals surface area contributed by atoms with Gasteiger partial charge in [-0.05, 0) is 48.5 Å². The second-order valence-corrected chi connectivity index (χ2v) is 8.87. The van der Waals surface area contributed by atoms with Crippen LogP contribution in [0.15, 0.2) is 52.9 Å². The maximum absolute atomic E-state index is 14.0. The molecule has 1 heterocycles. The zero-order valence-electron chi connectivity index (χ0n) is 23.1. The van der Waals surface area contributed by atoms with Gasteiger partial charge in [0.15, 0.2) is 28.6 Å². The van der Waals surface area contributed by atoms with Crippen molar-refractivity contribution < 1.29 is 111 Å². The number of carbonyl (C=O) groups is 1. The Kier molecular flexibility index (Phi) is 12.0. The molecular formula is C26H23Na2O11P. The Morgan fingerprint density at radius 1 is 0.750 bits per heavy atom. The predicted molar refractivity (Wildman–Crippen MR) is 133 cm³/mol. The average Bonchev–Trinajstić information content (AvgIpc) is 3.31. The van der Waals surface area contributed by atoms with Crippen molar-refractivity contribution in [2.45, 2.75) is 0 Å². The summed E-state index contributed by atoms with van der Waals surface area (Å²) in [5.74, 6) is 0.371. The van der Waals surface area contributed by atoms with Crippen LogP contribution in [0.2, 0.25) is 0 Å². The Hall–Kier alpha value is -2.18. The van der Waals surface area contributed by atoms with Crippen LogP contribution in [-0.4, -0.2) is 41.3 Å². The number of ether oxygens (including phenoxy) is 5. The monoisotopic (exact) mass is 588 g/mol. The van der Waals surface area contributed by atoms with E-state index in [1.807, 2.05) is 0 Å². The Labute approximate surface area is 274 Å². The number of ketones is 1. The number of furan rings is 1. The van der Waals surface area contributed by atoms with E-state index in [9.17, 15) is 19.1 Å². The molecule has 0 spiro atoms. The van der Waals surface area contributed by atoms with Gasteiger partial charge in [-0.3, -0.25) is 4.79 Å². The van der Waals surface area contributed by atoms with Gasteiger partial charge in [-0.1, -0.05) is 0 Å². The fourth-order valence-corrected chi connectivity index (χ4v) is 4.40. The van der Waals surface area contributed by atoms with Gasteiger partial charge in [0.1, 0.15) is 19.3 Å². The van der Waals surface area contributed by atoms with Crippen molar-refractivity contribution >= 4 is 24.6 Å². The molecule has 1 aromatic heterocycles. The van der Waals surface area contributed by atoms with Gasteiger partial charge in [0.25, 0.3) is 0 Å². The number of carbonyl (C=O) groups excluding carboxylic acids is 1. The summed E-state index contributed by atoms with van der Waals surface area (Å²) in [6.07, 6.45) is 0. The third-order valence-corrected chi connectivity index (χ3v) is 6.11. The van der Waals surface area contributed by atoms with E-state index in [-0.39, 0.29) is 104 Å². The molecule has 4 rings (SSSR count). The van der Waals surface area contributed by atoms with Gasteiger partial charge < -0.3 is 47.0 Å². The molecule has 0 aliphatic heterocycles. The van der Waals surface area contributed by atoms with E-state index in [4.69, 9.17) is 32.6 Å². The number of phosphoric ester groups is 1. The third-order valence-electron chi connectivity index (χ3n) is 5.71. The molecule has 0 unspecified atom stereocenters. The zero-order chi connectivity index (χ0) is 27.6. The molecule has 0 saturated carbocycles. The minimum atomic E-state index is -5.52. The topological polar surface area (TPSA) is 149 Å². The van der Waals surface area contributed by atoms with Crippen LogP contribution in [0.25, 0.3) is 22.3 Å². The quantitative estimate of drug-likeness (QED) is 0.111.